The van der Waals surface area contributed by atoms with Crippen molar-refractivity contribution in [1.82, 2.24) is 0 Å². The number of anilines is 1. The summed E-state index contributed by atoms with van der Waals surface area (Å²) < 4.78 is 5.51. The van der Waals surface area contributed by atoms with Gasteiger partial charge in [-0.1, -0.05) is 32.0 Å². The van der Waals surface area contributed by atoms with Crippen LogP contribution in [0.4, 0.5) is 5.69 Å². The lowest BCUT2D eigenvalue weighted by Gasteiger charge is -2.07. The molecule has 1 aromatic carbocycles. The van der Waals surface area contributed by atoms with Gasteiger partial charge in [0.25, 0.3) is 0 Å². The van der Waals surface area contributed by atoms with Crippen LogP contribution in [0.3, 0.4) is 0 Å². The third-order valence-electron chi connectivity index (χ3n) is 3.09. The summed E-state index contributed by atoms with van der Waals surface area (Å²) in [5, 5.41) is 2.89. The van der Waals surface area contributed by atoms with Crippen LogP contribution in [-0.2, 0) is 17.6 Å². The average Bonchev–Trinajstić information content (AvgIpc) is 2.94. The maximum Gasteiger partial charge on any atom is 0.248 e. The van der Waals surface area contributed by atoms with Crippen molar-refractivity contribution in [1.29, 1.82) is 0 Å². The summed E-state index contributed by atoms with van der Waals surface area (Å²) in [5.41, 5.74) is 1.99. The molecule has 0 bridgehead atoms. The van der Waals surface area contributed by atoms with Crippen molar-refractivity contribution >= 4 is 17.7 Å². The number of nitrogens with one attached hydrogen (secondary N) is 1. The second-order valence-corrected chi connectivity index (χ2v) is 4.49. The van der Waals surface area contributed by atoms with Crippen LogP contribution >= 0.6 is 0 Å². The first-order valence-electron chi connectivity index (χ1n) is 6.88. The van der Waals surface area contributed by atoms with Gasteiger partial charge in [-0.2, -0.15) is 0 Å². The molecule has 1 heterocycles. The Labute approximate surface area is 119 Å². The fourth-order valence-electron chi connectivity index (χ4n) is 1.96. The Bertz CT molecular complexity index is 611. The molecule has 0 saturated carbocycles. The van der Waals surface area contributed by atoms with Crippen molar-refractivity contribution in [2.75, 3.05) is 5.32 Å². The predicted octanol–water partition coefficient (Wildman–Crippen LogP) is 4.06. The topological polar surface area (TPSA) is 42.2 Å². The molecule has 2 aromatic rings. The molecule has 104 valence electrons. The molecule has 0 fully saturated rings. The first-order chi connectivity index (χ1) is 9.72. The number of aryl methyl sites for hydroxylation is 2. The lowest BCUT2D eigenvalue weighted by molar-refractivity contribution is -0.111. The van der Waals surface area contributed by atoms with Crippen LogP contribution in [0.15, 0.2) is 46.9 Å². The maximum absolute atomic E-state index is 11.9. The number of para-hydroxylation sites is 1. The Hall–Kier alpha value is -2.29. The first-order valence-corrected chi connectivity index (χ1v) is 6.88. The molecule has 3 heteroatoms. The van der Waals surface area contributed by atoms with Crippen LogP contribution in [0.2, 0.25) is 0 Å². The first kappa shape index (κ1) is 14.1. The molecule has 0 aliphatic heterocycles. The third kappa shape index (κ3) is 3.60. The fraction of sp³-hybridized carbons (Fsp3) is 0.235. The normalized spacial score (nSPS) is 10.9. The van der Waals surface area contributed by atoms with E-state index in [4.69, 9.17) is 4.42 Å². The number of amides is 1. The second-order valence-electron chi connectivity index (χ2n) is 4.49. The molecule has 0 atom stereocenters. The highest BCUT2D eigenvalue weighted by Gasteiger charge is 2.03. The van der Waals surface area contributed by atoms with Gasteiger partial charge in [-0.25, -0.2) is 0 Å². The number of rotatable bonds is 5. The fourth-order valence-corrected chi connectivity index (χ4v) is 1.96. The molecule has 0 unspecified atom stereocenters. The molecule has 2 rings (SSSR count). The summed E-state index contributed by atoms with van der Waals surface area (Å²) in [7, 11) is 0. The highest BCUT2D eigenvalue weighted by molar-refractivity contribution is 6.02. The van der Waals surface area contributed by atoms with Crippen molar-refractivity contribution in [2.45, 2.75) is 26.7 Å². The molecule has 0 radical (unpaired) electrons. The van der Waals surface area contributed by atoms with E-state index in [-0.39, 0.29) is 5.91 Å². The van der Waals surface area contributed by atoms with Crippen molar-refractivity contribution in [3.63, 3.8) is 0 Å². The van der Waals surface area contributed by atoms with Gasteiger partial charge in [0.05, 0.1) is 0 Å². The SMILES string of the molecule is CCc1ccc(/C=C/C(=O)Nc2ccccc2CC)o1. The van der Waals surface area contributed by atoms with E-state index in [1.54, 1.807) is 6.08 Å². The highest BCUT2D eigenvalue weighted by Crippen LogP contribution is 2.15. The number of carbonyl (C=O) groups excluding carboxylic acids is 1. The molecule has 0 saturated heterocycles. The second kappa shape index (κ2) is 6.75. The predicted molar refractivity (Wildman–Crippen MR) is 81.6 cm³/mol. The summed E-state index contributed by atoms with van der Waals surface area (Å²) >= 11 is 0. The molecule has 1 aromatic heterocycles. The molecular formula is C17H19NO2. The van der Waals surface area contributed by atoms with Gasteiger partial charge in [-0.05, 0) is 36.3 Å². The zero-order valence-corrected chi connectivity index (χ0v) is 11.8. The van der Waals surface area contributed by atoms with E-state index >= 15 is 0 Å². The van der Waals surface area contributed by atoms with Gasteiger partial charge in [0, 0.05) is 18.2 Å². The number of benzene rings is 1. The number of furan rings is 1. The molecule has 1 N–H and O–H groups in total. The zero-order chi connectivity index (χ0) is 14.4. The summed E-state index contributed by atoms with van der Waals surface area (Å²) in [6.45, 7) is 4.09. The van der Waals surface area contributed by atoms with Crippen LogP contribution in [-0.4, -0.2) is 5.91 Å². The van der Waals surface area contributed by atoms with E-state index in [1.807, 2.05) is 43.3 Å². The van der Waals surface area contributed by atoms with Crippen LogP contribution in [0.25, 0.3) is 6.08 Å². The van der Waals surface area contributed by atoms with E-state index in [1.165, 1.54) is 6.08 Å². The van der Waals surface area contributed by atoms with Gasteiger partial charge >= 0.3 is 0 Å². The number of hydrogen-bond acceptors (Lipinski definition) is 2. The molecular weight excluding hydrogens is 250 g/mol. The van der Waals surface area contributed by atoms with Gasteiger partial charge in [-0.15, -0.1) is 0 Å². The minimum absolute atomic E-state index is 0.152. The molecule has 3 nitrogen and oxygen atoms in total. The largest absolute Gasteiger partial charge is 0.462 e. The summed E-state index contributed by atoms with van der Waals surface area (Å²) in [6.07, 6.45) is 4.91. The minimum Gasteiger partial charge on any atom is -0.462 e. The van der Waals surface area contributed by atoms with Crippen LogP contribution in [0.5, 0.6) is 0 Å². The smallest absolute Gasteiger partial charge is 0.248 e. The van der Waals surface area contributed by atoms with Crippen LogP contribution < -0.4 is 5.32 Å². The Morgan fingerprint density at radius 1 is 1.15 bits per heavy atom. The monoisotopic (exact) mass is 269 g/mol. The van der Waals surface area contributed by atoms with Crippen molar-refractivity contribution in [3.8, 4) is 0 Å². The minimum atomic E-state index is -0.152. The molecule has 0 aliphatic carbocycles. The van der Waals surface area contributed by atoms with E-state index in [9.17, 15) is 4.79 Å². The van der Waals surface area contributed by atoms with Crippen LogP contribution in [0, 0.1) is 0 Å². The standard InChI is InChI=1S/C17H19NO2/c1-3-13-7-5-6-8-16(13)18-17(19)12-11-15-10-9-14(4-2)20-15/h5-12H,3-4H2,1-2H3,(H,18,19)/b12-11+. The van der Waals surface area contributed by atoms with Gasteiger partial charge in [0.1, 0.15) is 11.5 Å². The highest BCUT2D eigenvalue weighted by atomic mass is 16.3. The lowest BCUT2D eigenvalue weighted by atomic mass is 10.1. The Morgan fingerprint density at radius 2 is 1.95 bits per heavy atom. The van der Waals surface area contributed by atoms with Gasteiger partial charge < -0.3 is 9.73 Å². The molecule has 20 heavy (non-hydrogen) atoms. The quantitative estimate of drug-likeness (QED) is 0.832. The number of hydrogen-bond donors (Lipinski definition) is 1. The number of carbonyl (C=O) groups is 1. The van der Waals surface area contributed by atoms with E-state index in [2.05, 4.69) is 12.2 Å². The third-order valence-corrected chi connectivity index (χ3v) is 3.09. The van der Waals surface area contributed by atoms with E-state index in [0.717, 1.165) is 29.9 Å². The van der Waals surface area contributed by atoms with Crippen molar-refractivity contribution in [3.05, 3.63) is 59.6 Å². The molecule has 0 spiro atoms. The summed E-state index contributed by atoms with van der Waals surface area (Å²) in [6, 6.07) is 11.6. The molecule has 0 aliphatic rings. The van der Waals surface area contributed by atoms with E-state index < -0.39 is 0 Å². The zero-order valence-electron chi connectivity index (χ0n) is 11.8. The van der Waals surface area contributed by atoms with Gasteiger partial charge in [-0.3, -0.25) is 4.79 Å². The summed E-state index contributed by atoms with van der Waals surface area (Å²) in [4.78, 5) is 11.9. The Balaban J connectivity index is 2.01. The van der Waals surface area contributed by atoms with Crippen molar-refractivity contribution in [2.24, 2.45) is 0 Å². The Kier molecular flexibility index (Phi) is 4.77. The van der Waals surface area contributed by atoms with E-state index in [0.29, 0.717) is 5.76 Å². The lowest BCUT2D eigenvalue weighted by Crippen LogP contribution is -2.09. The molecule has 1 amide bonds. The van der Waals surface area contributed by atoms with Crippen LogP contribution in [0.1, 0.15) is 30.9 Å². The van der Waals surface area contributed by atoms with Gasteiger partial charge in [0.15, 0.2) is 0 Å². The maximum atomic E-state index is 11.9. The van der Waals surface area contributed by atoms with Gasteiger partial charge in [0.2, 0.25) is 5.91 Å². The Morgan fingerprint density at radius 3 is 2.65 bits per heavy atom. The average molecular weight is 269 g/mol. The summed E-state index contributed by atoms with van der Waals surface area (Å²) in [5.74, 6) is 1.46. The van der Waals surface area contributed by atoms with Crippen molar-refractivity contribution < 1.29 is 9.21 Å².